The summed E-state index contributed by atoms with van der Waals surface area (Å²) in [5.41, 5.74) is 5.24. The summed E-state index contributed by atoms with van der Waals surface area (Å²) in [6, 6.07) is 15.3. The maximum absolute atomic E-state index is 13.8. The molecule has 2 aromatic carbocycles. The number of anilines is 2. The summed E-state index contributed by atoms with van der Waals surface area (Å²) in [5, 5.41) is 25.2. The van der Waals surface area contributed by atoms with Gasteiger partial charge in [-0.2, -0.15) is 13.5 Å². The lowest BCUT2D eigenvalue weighted by Crippen LogP contribution is -2.69. The fraction of sp³-hybridized carbons (Fsp3) is 0.455. The monoisotopic (exact) mass is 866 g/mol. The molecule has 10 rings (SSSR count). The third-order valence-electron chi connectivity index (χ3n) is 13.3. The molecule has 4 aliphatic carbocycles. The lowest BCUT2D eigenvalue weighted by Gasteiger charge is -2.69. The number of aromatic nitrogens is 4. The number of aromatic carboxylic acids is 1. The number of thiazole rings is 1. The topological polar surface area (TPSA) is 209 Å². The van der Waals surface area contributed by atoms with Crippen LogP contribution in [0.1, 0.15) is 90.0 Å². The number of hydrogen-bond acceptors (Lipinski definition) is 11. The van der Waals surface area contributed by atoms with Gasteiger partial charge in [0.15, 0.2) is 10.8 Å². The predicted octanol–water partition coefficient (Wildman–Crippen LogP) is 6.09. The van der Waals surface area contributed by atoms with Gasteiger partial charge in [-0.05, 0) is 104 Å². The highest BCUT2D eigenvalue weighted by Gasteiger charge is 2.66. The van der Waals surface area contributed by atoms with Crippen LogP contribution in [-0.2, 0) is 34.4 Å². The van der Waals surface area contributed by atoms with Crippen molar-refractivity contribution < 1.29 is 32.5 Å². The van der Waals surface area contributed by atoms with Crippen LogP contribution >= 0.6 is 11.3 Å². The Balaban J connectivity index is 0.988. The molecule has 4 fully saturated rings. The summed E-state index contributed by atoms with van der Waals surface area (Å²) in [6.45, 7) is 8.10. The van der Waals surface area contributed by atoms with E-state index in [4.69, 9.17) is 9.65 Å². The first-order chi connectivity index (χ1) is 28.9. The number of carbonyl (C=O) groups excluding carboxylic acids is 2. The van der Waals surface area contributed by atoms with Crippen molar-refractivity contribution in [1.82, 2.24) is 30.4 Å². The molecule has 5 aromatic rings. The molecule has 15 nitrogen and oxygen atoms in total. The molecule has 4 saturated carbocycles. The number of nitrogens with zero attached hydrogens (tertiary/aromatic N) is 5. The van der Waals surface area contributed by atoms with Gasteiger partial charge in [0, 0.05) is 66.0 Å². The van der Waals surface area contributed by atoms with Gasteiger partial charge in [0.05, 0.1) is 28.7 Å². The van der Waals surface area contributed by atoms with E-state index in [0.29, 0.717) is 53.6 Å². The quantitative estimate of drug-likeness (QED) is 0.0673. The third kappa shape index (κ3) is 8.04. The van der Waals surface area contributed by atoms with Gasteiger partial charge >= 0.3 is 5.97 Å². The number of amides is 2. The minimum absolute atomic E-state index is 0.0131. The summed E-state index contributed by atoms with van der Waals surface area (Å²) >= 11 is 1.42. The molecule has 0 radical (unpaired) electrons. The van der Waals surface area contributed by atoms with Crippen molar-refractivity contribution in [3.05, 3.63) is 89.0 Å². The number of carboxylic acid groups (broad SMARTS) is 1. The zero-order valence-electron chi connectivity index (χ0n) is 34.5. The van der Waals surface area contributed by atoms with E-state index in [1.165, 1.54) is 17.5 Å². The van der Waals surface area contributed by atoms with Crippen molar-refractivity contribution in [3.63, 3.8) is 0 Å². The molecule has 5 N–H and O–H groups in total. The van der Waals surface area contributed by atoms with Crippen LogP contribution in [0.25, 0.3) is 21.3 Å². The van der Waals surface area contributed by atoms with Crippen LogP contribution in [0.5, 0.6) is 0 Å². The Kier molecular flexibility index (Phi) is 10.1. The molecule has 0 spiro atoms. The SMILES string of the molecule is Cc1c(-c2c(N3CCc4cccc(C(=O)Nc5nc6ccccc6s5)c4C3)ccnc2C(=O)O)cnn1CC12CC3(C)CC(C)(C1)CC(NC(=O)CNCCS(=O)(=O)O)(C3)C2. The van der Waals surface area contributed by atoms with Gasteiger partial charge in [-0.15, -0.1) is 0 Å². The van der Waals surface area contributed by atoms with Crippen LogP contribution in [0.2, 0.25) is 0 Å². The average molecular weight is 867 g/mol. The summed E-state index contributed by atoms with van der Waals surface area (Å²) in [5.74, 6) is -2.08. The number of benzene rings is 2. The standard InChI is InChI=1S/C44H50N8O7S2/c1-27-30(17-47-52(27)26-43-21-41(2)20-42(3,22-43)24-44(23-41,25-43)50-35(53)18-45-14-16-61(57,58)59)36-33(11-13-46-37(36)39(55)56)51-15-12-28-7-6-8-29(31(28)19-51)38(54)49-40-48-32-9-4-5-10-34(32)60-40/h4-11,13,17,45H,12,14-16,18-26H2,1-3H3,(H,50,53)(H,55,56)(H,48,49,54)(H,57,58,59). The van der Waals surface area contributed by atoms with Gasteiger partial charge in [0.25, 0.3) is 16.0 Å². The van der Waals surface area contributed by atoms with Gasteiger partial charge in [-0.3, -0.25) is 24.1 Å². The molecular weight excluding hydrogens is 817 g/mol. The average Bonchev–Trinajstić information content (AvgIpc) is 3.75. The highest BCUT2D eigenvalue weighted by atomic mass is 32.2. The number of para-hydroxylation sites is 1. The van der Waals surface area contributed by atoms with Crippen molar-refractivity contribution in [3.8, 4) is 11.1 Å². The Morgan fingerprint density at radius 3 is 2.48 bits per heavy atom. The Labute approximate surface area is 358 Å². The zero-order valence-corrected chi connectivity index (χ0v) is 36.1. The number of carbonyl (C=O) groups is 3. The molecule has 5 aliphatic rings. The van der Waals surface area contributed by atoms with Gasteiger partial charge in [-0.1, -0.05) is 49.4 Å². The van der Waals surface area contributed by atoms with E-state index in [0.717, 1.165) is 65.6 Å². The number of pyridine rings is 1. The second kappa shape index (κ2) is 15.0. The number of carboxylic acids is 1. The Morgan fingerprint density at radius 1 is 0.967 bits per heavy atom. The maximum Gasteiger partial charge on any atom is 0.355 e. The summed E-state index contributed by atoms with van der Waals surface area (Å²) in [4.78, 5) is 51.2. The minimum Gasteiger partial charge on any atom is -0.476 e. The predicted molar refractivity (Wildman–Crippen MR) is 232 cm³/mol. The van der Waals surface area contributed by atoms with Crippen molar-refractivity contribution >= 4 is 60.3 Å². The first kappa shape index (κ1) is 41.1. The molecule has 2 amide bonds. The van der Waals surface area contributed by atoms with E-state index < -0.39 is 27.4 Å². The number of rotatable bonds is 13. The number of nitrogens with one attached hydrogen (secondary N) is 3. The zero-order chi connectivity index (χ0) is 43.0. The van der Waals surface area contributed by atoms with Crippen LogP contribution in [0.3, 0.4) is 0 Å². The van der Waals surface area contributed by atoms with E-state index in [2.05, 4.69) is 44.7 Å². The molecule has 4 heterocycles. The van der Waals surface area contributed by atoms with Gasteiger partial charge in [0.2, 0.25) is 5.91 Å². The van der Waals surface area contributed by atoms with E-state index in [-0.39, 0.29) is 46.8 Å². The van der Waals surface area contributed by atoms with E-state index in [9.17, 15) is 27.9 Å². The molecule has 3 aromatic heterocycles. The van der Waals surface area contributed by atoms with Crippen LogP contribution in [-0.4, -0.2) is 86.5 Å². The molecule has 0 saturated heterocycles. The van der Waals surface area contributed by atoms with Crippen molar-refractivity contribution in [1.29, 1.82) is 0 Å². The largest absolute Gasteiger partial charge is 0.476 e. The molecular formula is C44H50N8O7S2. The molecule has 4 bridgehead atoms. The minimum atomic E-state index is -4.13. The Morgan fingerprint density at radius 2 is 1.74 bits per heavy atom. The summed E-state index contributed by atoms with van der Waals surface area (Å²) in [7, 11) is -4.13. The first-order valence-corrected chi connectivity index (χ1v) is 23.1. The number of fused-ring (bicyclic) bond motifs is 2. The van der Waals surface area contributed by atoms with E-state index in [1.54, 1.807) is 6.20 Å². The number of hydrogen-bond donors (Lipinski definition) is 5. The highest BCUT2D eigenvalue weighted by molar-refractivity contribution is 7.85. The first-order valence-electron chi connectivity index (χ1n) is 20.7. The van der Waals surface area contributed by atoms with Crippen LogP contribution in [0.4, 0.5) is 10.8 Å². The van der Waals surface area contributed by atoms with Crippen molar-refractivity contribution in [2.24, 2.45) is 16.2 Å². The maximum atomic E-state index is 13.8. The lowest BCUT2D eigenvalue weighted by molar-refractivity contribution is -0.174. The Hall–Kier alpha value is -5.23. The second-order valence-electron chi connectivity index (χ2n) is 18.7. The molecule has 17 heteroatoms. The molecule has 320 valence electrons. The van der Waals surface area contributed by atoms with Gasteiger partial charge < -0.3 is 20.6 Å². The van der Waals surface area contributed by atoms with E-state index >= 15 is 0 Å². The smallest absolute Gasteiger partial charge is 0.355 e. The van der Waals surface area contributed by atoms with Crippen molar-refractivity contribution in [2.75, 3.05) is 35.6 Å². The van der Waals surface area contributed by atoms with Gasteiger partial charge in [0.1, 0.15) is 0 Å². The van der Waals surface area contributed by atoms with Gasteiger partial charge in [-0.25, -0.2) is 14.8 Å². The van der Waals surface area contributed by atoms with E-state index in [1.807, 2.05) is 60.1 Å². The highest BCUT2D eigenvalue weighted by Crippen LogP contribution is 2.71. The summed E-state index contributed by atoms with van der Waals surface area (Å²) < 4.78 is 34.4. The fourth-order valence-corrected chi connectivity index (χ4v) is 13.7. The van der Waals surface area contributed by atoms with Crippen LogP contribution < -0.4 is 20.9 Å². The fourth-order valence-electron chi connectivity index (χ4n) is 12.4. The molecule has 1 aliphatic heterocycles. The lowest BCUT2D eigenvalue weighted by atomic mass is 9.38. The van der Waals surface area contributed by atoms with Crippen molar-refractivity contribution in [2.45, 2.75) is 84.3 Å². The van der Waals surface area contributed by atoms with Crippen LogP contribution in [0.15, 0.2) is 60.9 Å². The van der Waals surface area contributed by atoms with Crippen LogP contribution in [0, 0.1) is 23.2 Å². The summed E-state index contributed by atoms with van der Waals surface area (Å²) in [6.07, 6.45) is 9.38. The normalized spacial score (nSPS) is 25.4. The molecule has 2 unspecified atom stereocenters. The molecule has 2 atom stereocenters. The molecule has 61 heavy (non-hydrogen) atoms. The third-order valence-corrected chi connectivity index (χ3v) is 15.0. The second-order valence-corrected chi connectivity index (χ2v) is 21.3. The Bertz CT molecular complexity index is 2660.